The van der Waals surface area contributed by atoms with Crippen molar-refractivity contribution in [3.63, 3.8) is 0 Å². The monoisotopic (exact) mass is 364 g/mol. The van der Waals surface area contributed by atoms with Crippen LogP contribution in [-0.4, -0.2) is 18.2 Å². The fraction of sp³-hybridized carbons (Fsp3) is 0.273. The molecule has 5 heteroatoms. The summed E-state index contributed by atoms with van der Waals surface area (Å²) in [6, 6.07) is 15.3. The number of benzene rings is 2. The van der Waals surface area contributed by atoms with Crippen LogP contribution < -0.4 is 10.1 Å². The van der Waals surface area contributed by atoms with Crippen LogP contribution in [0.3, 0.4) is 0 Å². The Hall–Kier alpha value is -3.08. The van der Waals surface area contributed by atoms with Gasteiger partial charge in [0.2, 0.25) is 0 Å². The van der Waals surface area contributed by atoms with Crippen LogP contribution in [-0.2, 0) is 5.41 Å². The van der Waals surface area contributed by atoms with Gasteiger partial charge >= 0.3 is 0 Å². The quantitative estimate of drug-likeness (QED) is 0.690. The molecule has 0 aliphatic rings. The number of aryl methyl sites for hydroxylation is 1. The maximum atomic E-state index is 13.1. The van der Waals surface area contributed by atoms with Gasteiger partial charge in [-0.05, 0) is 30.0 Å². The van der Waals surface area contributed by atoms with Gasteiger partial charge in [-0.2, -0.15) is 0 Å². The summed E-state index contributed by atoms with van der Waals surface area (Å²) >= 11 is 0. The maximum absolute atomic E-state index is 13.1. The highest BCUT2D eigenvalue weighted by atomic mass is 16.5. The molecule has 1 amide bonds. The molecule has 1 aromatic heterocycles. The topological polar surface area (TPSA) is 64.4 Å². The van der Waals surface area contributed by atoms with E-state index in [0.29, 0.717) is 28.5 Å². The molecule has 0 fully saturated rings. The third-order valence-electron chi connectivity index (χ3n) is 4.45. The predicted molar refractivity (Wildman–Crippen MR) is 106 cm³/mol. The number of carbonyl (C=O) groups is 1. The molecule has 0 aliphatic heterocycles. The molecular weight excluding hydrogens is 340 g/mol. The van der Waals surface area contributed by atoms with Gasteiger partial charge in [0.25, 0.3) is 5.91 Å². The first-order chi connectivity index (χ1) is 12.8. The molecule has 140 valence electrons. The summed E-state index contributed by atoms with van der Waals surface area (Å²) in [4.78, 5) is 13.1. The molecule has 1 heterocycles. The number of aromatic nitrogens is 1. The van der Waals surface area contributed by atoms with Crippen molar-refractivity contribution in [1.82, 2.24) is 5.16 Å². The zero-order valence-corrected chi connectivity index (χ0v) is 16.3. The minimum Gasteiger partial charge on any atom is -0.495 e. The maximum Gasteiger partial charge on any atom is 0.261 e. The Kier molecular flexibility index (Phi) is 5.04. The van der Waals surface area contributed by atoms with Crippen LogP contribution in [0.25, 0.3) is 11.3 Å². The first-order valence-corrected chi connectivity index (χ1v) is 8.83. The van der Waals surface area contributed by atoms with Crippen molar-refractivity contribution < 1.29 is 14.1 Å². The lowest BCUT2D eigenvalue weighted by atomic mass is 9.87. The third kappa shape index (κ3) is 3.87. The first kappa shape index (κ1) is 18.7. The normalized spacial score (nSPS) is 11.3. The van der Waals surface area contributed by atoms with Crippen molar-refractivity contribution in [2.45, 2.75) is 33.1 Å². The molecule has 0 saturated heterocycles. The highest BCUT2D eigenvalue weighted by molar-refractivity contribution is 6.09. The predicted octanol–water partition coefficient (Wildman–Crippen LogP) is 5.21. The lowest BCUT2D eigenvalue weighted by Crippen LogP contribution is -2.16. The summed E-state index contributed by atoms with van der Waals surface area (Å²) in [6.45, 7) is 8.10. The summed E-state index contributed by atoms with van der Waals surface area (Å²) in [5.74, 6) is 0.793. The third-order valence-corrected chi connectivity index (χ3v) is 4.45. The van der Waals surface area contributed by atoms with Crippen LogP contribution in [0.5, 0.6) is 5.75 Å². The van der Waals surface area contributed by atoms with Gasteiger partial charge in [0.1, 0.15) is 22.8 Å². The minimum absolute atomic E-state index is 0.0476. The van der Waals surface area contributed by atoms with Crippen molar-refractivity contribution in [2.24, 2.45) is 0 Å². The number of nitrogens with one attached hydrogen (secondary N) is 1. The molecule has 3 rings (SSSR count). The Morgan fingerprint density at radius 1 is 1.11 bits per heavy atom. The SMILES string of the molecule is COc1ccc(C(C)(C)C)cc1NC(=O)c1c(-c2ccccc2)noc1C. The standard InChI is InChI=1S/C22H24N2O3/c1-14-19(20(24-27-14)15-9-7-6-8-10-15)21(25)23-17-13-16(22(2,3)4)11-12-18(17)26-5/h6-13H,1-5H3,(H,23,25). The second kappa shape index (κ2) is 7.27. The second-order valence-electron chi connectivity index (χ2n) is 7.45. The van der Waals surface area contributed by atoms with Gasteiger partial charge in [-0.3, -0.25) is 4.79 Å². The summed E-state index contributed by atoms with van der Waals surface area (Å²) in [5.41, 5.74) is 3.45. The summed E-state index contributed by atoms with van der Waals surface area (Å²) in [6.07, 6.45) is 0. The van der Waals surface area contributed by atoms with E-state index in [1.54, 1.807) is 14.0 Å². The number of ether oxygens (including phenoxy) is 1. The van der Waals surface area contributed by atoms with Gasteiger partial charge in [0.15, 0.2) is 0 Å². The van der Waals surface area contributed by atoms with Crippen LogP contribution in [0.15, 0.2) is 53.1 Å². The van der Waals surface area contributed by atoms with E-state index in [4.69, 9.17) is 9.26 Å². The first-order valence-electron chi connectivity index (χ1n) is 8.83. The summed E-state index contributed by atoms with van der Waals surface area (Å²) in [5, 5.41) is 7.04. The highest BCUT2D eigenvalue weighted by Crippen LogP contribution is 2.33. The zero-order chi connectivity index (χ0) is 19.6. The van der Waals surface area contributed by atoms with Gasteiger partial charge in [-0.25, -0.2) is 0 Å². The Morgan fingerprint density at radius 3 is 2.44 bits per heavy atom. The molecule has 2 aromatic carbocycles. The number of methoxy groups -OCH3 is 1. The molecular formula is C22H24N2O3. The van der Waals surface area contributed by atoms with Crippen LogP contribution >= 0.6 is 0 Å². The van der Waals surface area contributed by atoms with Crippen molar-refractivity contribution in [1.29, 1.82) is 0 Å². The lowest BCUT2D eigenvalue weighted by molar-refractivity contribution is 0.102. The number of hydrogen-bond donors (Lipinski definition) is 1. The van der Waals surface area contributed by atoms with Crippen molar-refractivity contribution in [3.05, 3.63) is 65.4 Å². The van der Waals surface area contributed by atoms with Crippen LogP contribution in [0.1, 0.15) is 42.5 Å². The van der Waals surface area contributed by atoms with Gasteiger partial charge in [0, 0.05) is 5.56 Å². The molecule has 0 bridgehead atoms. The van der Waals surface area contributed by atoms with Gasteiger partial charge in [0.05, 0.1) is 12.8 Å². The van der Waals surface area contributed by atoms with E-state index >= 15 is 0 Å². The Bertz CT molecular complexity index is 953. The van der Waals surface area contributed by atoms with E-state index in [-0.39, 0.29) is 11.3 Å². The fourth-order valence-electron chi connectivity index (χ4n) is 2.89. The number of rotatable bonds is 4. The largest absolute Gasteiger partial charge is 0.495 e. The minimum atomic E-state index is -0.281. The fourth-order valence-corrected chi connectivity index (χ4v) is 2.89. The van der Waals surface area contributed by atoms with Crippen molar-refractivity contribution >= 4 is 11.6 Å². The molecule has 0 atom stereocenters. The van der Waals surface area contributed by atoms with Gasteiger partial charge < -0.3 is 14.6 Å². The number of nitrogens with zero attached hydrogens (tertiary/aromatic N) is 1. The molecule has 3 aromatic rings. The zero-order valence-electron chi connectivity index (χ0n) is 16.3. The van der Waals surface area contributed by atoms with Gasteiger partial charge in [-0.1, -0.05) is 62.3 Å². The highest BCUT2D eigenvalue weighted by Gasteiger charge is 2.23. The van der Waals surface area contributed by atoms with Crippen molar-refractivity contribution in [2.75, 3.05) is 12.4 Å². The van der Waals surface area contributed by atoms with E-state index in [2.05, 4.69) is 31.2 Å². The summed E-state index contributed by atoms with van der Waals surface area (Å²) in [7, 11) is 1.59. The van der Waals surface area contributed by atoms with Crippen LogP contribution in [0, 0.1) is 6.92 Å². The van der Waals surface area contributed by atoms with Crippen LogP contribution in [0.2, 0.25) is 0 Å². The van der Waals surface area contributed by atoms with Crippen LogP contribution in [0.4, 0.5) is 5.69 Å². The Morgan fingerprint density at radius 2 is 1.81 bits per heavy atom. The number of anilines is 1. The van der Waals surface area contributed by atoms with E-state index in [9.17, 15) is 4.79 Å². The Balaban J connectivity index is 1.99. The molecule has 27 heavy (non-hydrogen) atoms. The summed E-state index contributed by atoms with van der Waals surface area (Å²) < 4.78 is 10.7. The number of hydrogen-bond acceptors (Lipinski definition) is 4. The molecule has 0 unspecified atom stereocenters. The van der Waals surface area contributed by atoms with E-state index in [1.165, 1.54) is 0 Å². The molecule has 1 N–H and O–H groups in total. The lowest BCUT2D eigenvalue weighted by Gasteiger charge is -2.21. The number of amides is 1. The molecule has 0 radical (unpaired) electrons. The Labute approximate surface area is 159 Å². The van der Waals surface area contributed by atoms with Crippen molar-refractivity contribution in [3.8, 4) is 17.0 Å². The average molecular weight is 364 g/mol. The molecule has 0 saturated carbocycles. The van der Waals surface area contributed by atoms with E-state index < -0.39 is 0 Å². The molecule has 0 spiro atoms. The molecule has 0 aliphatic carbocycles. The number of carbonyl (C=O) groups excluding carboxylic acids is 1. The van der Waals surface area contributed by atoms with E-state index in [1.807, 2.05) is 48.5 Å². The average Bonchev–Trinajstić information content (AvgIpc) is 3.03. The molecule has 5 nitrogen and oxygen atoms in total. The van der Waals surface area contributed by atoms with E-state index in [0.717, 1.165) is 11.1 Å². The second-order valence-corrected chi connectivity index (χ2v) is 7.45. The smallest absolute Gasteiger partial charge is 0.261 e. The van der Waals surface area contributed by atoms with Gasteiger partial charge in [-0.15, -0.1) is 0 Å².